The van der Waals surface area contributed by atoms with Crippen LogP contribution in [0.2, 0.25) is 0 Å². The number of carbonyl (C=O) groups excluding carboxylic acids is 1. The molecular formula is C17H15FN4O3S. The van der Waals surface area contributed by atoms with E-state index in [0.717, 1.165) is 35.2 Å². The number of aromatic nitrogens is 1. The van der Waals surface area contributed by atoms with E-state index in [-0.39, 0.29) is 5.69 Å². The minimum atomic E-state index is -0.978. The summed E-state index contributed by atoms with van der Waals surface area (Å²) in [4.78, 5) is 26.6. The van der Waals surface area contributed by atoms with Crippen molar-refractivity contribution in [3.8, 4) is 6.07 Å². The van der Waals surface area contributed by atoms with Crippen LogP contribution in [-0.4, -0.2) is 21.1 Å². The van der Waals surface area contributed by atoms with Crippen LogP contribution in [0.3, 0.4) is 0 Å². The van der Waals surface area contributed by atoms with Crippen molar-refractivity contribution >= 4 is 29.0 Å². The van der Waals surface area contributed by atoms with Gasteiger partial charge in [-0.2, -0.15) is 9.65 Å². The molecule has 0 saturated carbocycles. The Morgan fingerprint density at radius 1 is 1.42 bits per heavy atom. The van der Waals surface area contributed by atoms with E-state index in [2.05, 4.69) is 16.4 Å². The topological polar surface area (TPSA) is 109 Å². The van der Waals surface area contributed by atoms with Crippen LogP contribution in [0.5, 0.6) is 0 Å². The molecule has 0 fully saturated rings. The van der Waals surface area contributed by atoms with E-state index in [4.69, 9.17) is 0 Å². The van der Waals surface area contributed by atoms with Gasteiger partial charge in [-0.05, 0) is 44.5 Å². The molecule has 26 heavy (non-hydrogen) atoms. The van der Waals surface area contributed by atoms with Crippen molar-refractivity contribution in [1.82, 2.24) is 4.98 Å². The maximum Gasteiger partial charge on any atom is 0.306 e. The van der Waals surface area contributed by atoms with Crippen LogP contribution in [0, 0.1) is 41.1 Å². The summed E-state index contributed by atoms with van der Waals surface area (Å²) < 4.78 is 13.4. The number of anilines is 1. The molecule has 1 amide bonds. The maximum atomic E-state index is 13.4. The fourth-order valence-electron chi connectivity index (χ4n) is 2.22. The molecule has 1 unspecified atom stereocenters. The first-order chi connectivity index (χ1) is 12.2. The molecule has 2 aromatic rings. The normalized spacial score (nSPS) is 11.5. The van der Waals surface area contributed by atoms with Gasteiger partial charge in [0.05, 0.1) is 15.7 Å². The van der Waals surface area contributed by atoms with Gasteiger partial charge in [-0.1, -0.05) is 11.8 Å². The first-order valence-electron chi connectivity index (χ1n) is 7.52. The van der Waals surface area contributed by atoms with Gasteiger partial charge >= 0.3 is 5.69 Å². The number of nitro groups is 1. The monoisotopic (exact) mass is 374 g/mol. The van der Waals surface area contributed by atoms with Gasteiger partial charge in [-0.15, -0.1) is 0 Å². The van der Waals surface area contributed by atoms with Gasteiger partial charge in [0.25, 0.3) is 0 Å². The predicted molar refractivity (Wildman–Crippen MR) is 95.4 cm³/mol. The average Bonchev–Trinajstić information content (AvgIpc) is 2.55. The van der Waals surface area contributed by atoms with Crippen LogP contribution in [0.1, 0.15) is 23.7 Å². The Kier molecular flexibility index (Phi) is 5.90. The number of nitro benzene ring substituents is 1. The smallest absolute Gasteiger partial charge is 0.306 e. The van der Waals surface area contributed by atoms with E-state index in [1.165, 1.54) is 6.07 Å². The number of halogens is 1. The third-order valence-corrected chi connectivity index (χ3v) is 4.58. The van der Waals surface area contributed by atoms with Gasteiger partial charge in [0.15, 0.2) is 0 Å². The molecule has 0 aliphatic heterocycles. The van der Waals surface area contributed by atoms with E-state index in [9.17, 15) is 24.6 Å². The van der Waals surface area contributed by atoms with Crippen LogP contribution < -0.4 is 5.32 Å². The molecule has 0 aliphatic rings. The number of rotatable bonds is 5. The fraction of sp³-hybridized carbons (Fsp3) is 0.235. The number of hydrogen-bond donors (Lipinski definition) is 1. The summed E-state index contributed by atoms with van der Waals surface area (Å²) in [5, 5.41) is 22.4. The largest absolute Gasteiger partial charge is 0.325 e. The standard InChI is InChI=1S/C17H15FN4O3S/c1-9-6-10(2)20-17(13(9)8-19)26-11(3)16(23)21-12-4-5-14(18)15(7-12)22(24)25/h4-7,11H,1-3H3,(H,21,23). The molecule has 1 N–H and O–H groups in total. The number of carbonyl (C=O) groups is 1. The van der Waals surface area contributed by atoms with Crippen LogP contribution in [-0.2, 0) is 4.79 Å². The third kappa shape index (κ3) is 4.34. The molecule has 0 saturated heterocycles. The summed E-state index contributed by atoms with van der Waals surface area (Å²) in [6.07, 6.45) is 0. The van der Waals surface area contributed by atoms with E-state index in [1.807, 2.05) is 0 Å². The Labute approximate surface area is 153 Å². The van der Waals surface area contributed by atoms with Crippen molar-refractivity contribution in [3.05, 3.63) is 57.0 Å². The molecular weight excluding hydrogens is 359 g/mol. The molecule has 1 aromatic carbocycles. The van der Waals surface area contributed by atoms with Gasteiger partial charge in [0.1, 0.15) is 11.1 Å². The number of nitrogens with one attached hydrogen (secondary N) is 1. The van der Waals surface area contributed by atoms with Gasteiger partial charge in [-0.25, -0.2) is 4.98 Å². The van der Waals surface area contributed by atoms with E-state index in [1.54, 1.807) is 26.8 Å². The lowest BCUT2D eigenvalue weighted by atomic mass is 10.1. The lowest BCUT2D eigenvalue weighted by Gasteiger charge is -2.13. The Morgan fingerprint density at radius 2 is 2.12 bits per heavy atom. The Hall–Kier alpha value is -2.99. The average molecular weight is 374 g/mol. The van der Waals surface area contributed by atoms with E-state index < -0.39 is 27.6 Å². The highest BCUT2D eigenvalue weighted by molar-refractivity contribution is 8.00. The first kappa shape index (κ1) is 19.3. The van der Waals surface area contributed by atoms with Crippen LogP contribution in [0.25, 0.3) is 0 Å². The van der Waals surface area contributed by atoms with Gasteiger partial charge in [0.2, 0.25) is 11.7 Å². The molecule has 7 nitrogen and oxygen atoms in total. The molecule has 1 atom stereocenters. The molecule has 2 rings (SSSR count). The van der Waals surface area contributed by atoms with Crippen molar-refractivity contribution in [2.45, 2.75) is 31.0 Å². The van der Waals surface area contributed by atoms with Crippen molar-refractivity contribution in [2.75, 3.05) is 5.32 Å². The summed E-state index contributed by atoms with van der Waals surface area (Å²) in [5.74, 6) is -1.42. The zero-order chi connectivity index (χ0) is 19.4. The number of hydrogen-bond acceptors (Lipinski definition) is 6. The highest BCUT2D eigenvalue weighted by Gasteiger charge is 2.20. The minimum absolute atomic E-state index is 0.115. The zero-order valence-corrected chi connectivity index (χ0v) is 15.1. The summed E-state index contributed by atoms with van der Waals surface area (Å²) in [6, 6.07) is 6.99. The van der Waals surface area contributed by atoms with Crippen molar-refractivity contribution in [1.29, 1.82) is 5.26 Å². The van der Waals surface area contributed by atoms with Gasteiger partial charge < -0.3 is 5.32 Å². The van der Waals surface area contributed by atoms with Crippen LogP contribution >= 0.6 is 11.8 Å². The second-order valence-corrected chi connectivity index (χ2v) is 6.87. The number of aryl methyl sites for hydroxylation is 2. The summed E-state index contributed by atoms with van der Waals surface area (Å²) >= 11 is 1.11. The van der Waals surface area contributed by atoms with E-state index in [0.29, 0.717) is 10.6 Å². The second kappa shape index (κ2) is 7.93. The van der Waals surface area contributed by atoms with Crippen molar-refractivity contribution in [3.63, 3.8) is 0 Å². The van der Waals surface area contributed by atoms with Crippen molar-refractivity contribution < 1.29 is 14.1 Å². The van der Waals surface area contributed by atoms with E-state index >= 15 is 0 Å². The minimum Gasteiger partial charge on any atom is -0.325 e. The summed E-state index contributed by atoms with van der Waals surface area (Å²) in [7, 11) is 0. The molecule has 1 aromatic heterocycles. The Balaban J connectivity index is 2.18. The summed E-state index contributed by atoms with van der Waals surface area (Å²) in [6.45, 7) is 5.21. The number of benzene rings is 1. The number of nitriles is 1. The fourth-order valence-corrected chi connectivity index (χ4v) is 3.24. The lowest BCUT2D eigenvalue weighted by Crippen LogP contribution is -2.22. The van der Waals surface area contributed by atoms with Crippen molar-refractivity contribution in [2.24, 2.45) is 0 Å². The second-order valence-electron chi connectivity index (χ2n) is 5.55. The van der Waals surface area contributed by atoms with Gasteiger partial charge in [-0.3, -0.25) is 14.9 Å². The van der Waals surface area contributed by atoms with Gasteiger partial charge in [0, 0.05) is 17.4 Å². The molecule has 0 spiro atoms. The first-order valence-corrected chi connectivity index (χ1v) is 8.40. The Bertz CT molecular complexity index is 927. The molecule has 134 valence electrons. The molecule has 0 radical (unpaired) electrons. The molecule has 0 bridgehead atoms. The SMILES string of the molecule is Cc1cc(C)c(C#N)c(SC(C)C(=O)Nc2ccc(F)c([N+](=O)[O-])c2)n1. The van der Waals surface area contributed by atoms with Crippen LogP contribution in [0.15, 0.2) is 29.3 Å². The lowest BCUT2D eigenvalue weighted by molar-refractivity contribution is -0.387. The highest BCUT2D eigenvalue weighted by Crippen LogP contribution is 2.28. The maximum absolute atomic E-state index is 13.4. The predicted octanol–water partition coefficient (Wildman–Crippen LogP) is 3.74. The number of amides is 1. The highest BCUT2D eigenvalue weighted by atomic mass is 32.2. The molecule has 9 heteroatoms. The number of nitrogens with zero attached hydrogens (tertiary/aromatic N) is 3. The quantitative estimate of drug-likeness (QED) is 0.485. The van der Waals surface area contributed by atoms with Crippen LogP contribution in [0.4, 0.5) is 15.8 Å². The Morgan fingerprint density at radius 3 is 2.73 bits per heavy atom. The molecule has 0 aliphatic carbocycles. The summed E-state index contributed by atoms with van der Waals surface area (Å²) in [5.41, 5.74) is 1.29. The molecule has 1 heterocycles. The zero-order valence-electron chi connectivity index (χ0n) is 14.2. The number of thioether (sulfide) groups is 1. The number of pyridine rings is 1. The third-order valence-electron chi connectivity index (χ3n) is 3.49.